The quantitative estimate of drug-likeness (QED) is 0.815. The molecule has 0 amide bonds. The second-order valence-electron chi connectivity index (χ2n) is 5.92. The Morgan fingerprint density at radius 1 is 1.16 bits per heavy atom. The summed E-state index contributed by atoms with van der Waals surface area (Å²) in [6, 6.07) is 4.33. The maximum atomic E-state index is 5.59. The molecular weight excluding hydrogens is 238 g/mol. The van der Waals surface area contributed by atoms with Crippen molar-refractivity contribution in [3.63, 3.8) is 0 Å². The van der Waals surface area contributed by atoms with Gasteiger partial charge in [0.2, 0.25) is 0 Å². The van der Waals surface area contributed by atoms with Crippen LogP contribution in [-0.2, 0) is 6.42 Å². The summed E-state index contributed by atoms with van der Waals surface area (Å²) >= 11 is 0. The molecule has 0 N–H and O–H groups in total. The maximum Gasteiger partial charge on any atom is 0.122 e. The van der Waals surface area contributed by atoms with Crippen molar-refractivity contribution >= 4 is 0 Å². The van der Waals surface area contributed by atoms with Crippen LogP contribution in [0.4, 0.5) is 0 Å². The number of likely N-dealkylation sites (tertiary alicyclic amines) is 1. The van der Waals surface area contributed by atoms with Crippen LogP contribution < -0.4 is 9.47 Å². The van der Waals surface area contributed by atoms with E-state index in [-0.39, 0.29) is 0 Å². The third-order valence-electron chi connectivity index (χ3n) is 3.76. The van der Waals surface area contributed by atoms with Crippen molar-refractivity contribution in [2.24, 2.45) is 5.92 Å². The van der Waals surface area contributed by atoms with Gasteiger partial charge in [-0.3, -0.25) is 0 Å². The normalized spacial score (nSPS) is 16.5. The zero-order valence-electron chi connectivity index (χ0n) is 12.7. The first kappa shape index (κ1) is 14.2. The first-order chi connectivity index (χ1) is 9.05. The largest absolute Gasteiger partial charge is 0.496 e. The lowest BCUT2D eigenvalue weighted by atomic mass is 9.89. The molecule has 0 aromatic heterocycles. The van der Waals surface area contributed by atoms with E-state index in [1.54, 1.807) is 14.2 Å². The van der Waals surface area contributed by atoms with Gasteiger partial charge in [-0.1, -0.05) is 13.8 Å². The predicted octanol–water partition coefficient (Wildman–Crippen LogP) is 2.93. The summed E-state index contributed by atoms with van der Waals surface area (Å²) in [5, 5.41) is 0. The molecule has 1 fully saturated rings. The molecule has 1 aromatic rings. The highest BCUT2D eigenvalue weighted by Crippen LogP contribution is 2.38. The Kier molecular flexibility index (Phi) is 4.35. The van der Waals surface area contributed by atoms with Crippen LogP contribution in [0.5, 0.6) is 11.5 Å². The lowest BCUT2D eigenvalue weighted by Gasteiger charge is -2.37. The van der Waals surface area contributed by atoms with Gasteiger partial charge in [0.15, 0.2) is 0 Å². The number of likely N-dealkylation sites (N-methyl/N-ethyl adjacent to an activating group) is 1. The van der Waals surface area contributed by atoms with Crippen LogP contribution in [0.3, 0.4) is 0 Å². The molecule has 19 heavy (non-hydrogen) atoms. The number of hydrogen-bond donors (Lipinski definition) is 0. The molecule has 1 aliphatic heterocycles. The molecule has 106 valence electrons. The molecule has 1 heterocycles. The molecule has 0 saturated carbocycles. The van der Waals surface area contributed by atoms with Crippen molar-refractivity contribution in [1.29, 1.82) is 0 Å². The monoisotopic (exact) mass is 263 g/mol. The van der Waals surface area contributed by atoms with E-state index in [0.717, 1.165) is 31.0 Å². The van der Waals surface area contributed by atoms with Crippen molar-refractivity contribution in [3.05, 3.63) is 23.3 Å². The molecule has 0 atom stereocenters. The fourth-order valence-corrected chi connectivity index (χ4v) is 2.80. The van der Waals surface area contributed by atoms with Gasteiger partial charge in [0.25, 0.3) is 0 Å². The summed E-state index contributed by atoms with van der Waals surface area (Å²) in [5.41, 5.74) is 2.52. The standard InChI is InChI=1S/C16H25NO2/c1-11(2)6-12-7-16(19-5)14(8-15(12)18-4)13-9-17(3)10-13/h7-8,11,13H,6,9-10H2,1-5H3. The molecule has 0 unspecified atom stereocenters. The highest BCUT2D eigenvalue weighted by Gasteiger charge is 2.28. The summed E-state index contributed by atoms with van der Waals surface area (Å²) in [4.78, 5) is 2.32. The highest BCUT2D eigenvalue weighted by molar-refractivity contribution is 5.49. The van der Waals surface area contributed by atoms with Crippen LogP contribution in [0.25, 0.3) is 0 Å². The second-order valence-corrected chi connectivity index (χ2v) is 5.92. The van der Waals surface area contributed by atoms with Gasteiger partial charge in [0.05, 0.1) is 14.2 Å². The Labute approximate surface area is 116 Å². The fourth-order valence-electron chi connectivity index (χ4n) is 2.80. The van der Waals surface area contributed by atoms with Gasteiger partial charge in [0.1, 0.15) is 11.5 Å². The van der Waals surface area contributed by atoms with E-state index in [2.05, 4.69) is 37.9 Å². The highest BCUT2D eigenvalue weighted by atomic mass is 16.5. The minimum atomic E-state index is 0.571. The van der Waals surface area contributed by atoms with Crippen molar-refractivity contribution < 1.29 is 9.47 Å². The molecule has 2 rings (SSSR count). The van der Waals surface area contributed by atoms with Crippen LogP contribution in [0.15, 0.2) is 12.1 Å². The van der Waals surface area contributed by atoms with Crippen molar-refractivity contribution in [2.45, 2.75) is 26.2 Å². The summed E-state index contributed by atoms with van der Waals surface area (Å²) < 4.78 is 11.1. The maximum absolute atomic E-state index is 5.59. The lowest BCUT2D eigenvalue weighted by molar-refractivity contribution is 0.186. The van der Waals surface area contributed by atoms with Gasteiger partial charge in [-0.2, -0.15) is 0 Å². The Morgan fingerprint density at radius 3 is 2.26 bits per heavy atom. The predicted molar refractivity (Wildman–Crippen MR) is 78.3 cm³/mol. The van der Waals surface area contributed by atoms with E-state index in [9.17, 15) is 0 Å². The van der Waals surface area contributed by atoms with E-state index in [1.807, 2.05) is 0 Å². The van der Waals surface area contributed by atoms with Crippen molar-refractivity contribution in [2.75, 3.05) is 34.4 Å². The lowest BCUT2D eigenvalue weighted by Crippen LogP contribution is -2.41. The number of hydrogen-bond acceptors (Lipinski definition) is 3. The summed E-state index contributed by atoms with van der Waals surface area (Å²) in [6.45, 7) is 6.65. The average Bonchev–Trinajstić information content (AvgIpc) is 2.34. The Morgan fingerprint density at radius 2 is 1.79 bits per heavy atom. The number of ether oxygens (including phenoxy) is 2. The van der Waals surface area contributed by atoms with Gasteiger partial charge < -0.3 is 14.4 Å². The number of nitrogens with zero attached hydrogens (tertiary/aromatic N) is 1. The molecule has 1 aliphatic rings. The minimum Gasteiger partial charge on any atom is -0.496 e. The molecule has 3 heteroatoms. The van der Waals surface area contributed by atoms with Crippen molar-refractivity contribution in [3.8, 4) is 11.5 Å². The fraction of sp³-hybridized carbons (Fsp3) is 0.625. The molecule has 3 nitrogen and oxygen atoms in total. The van der Waals surface area contributed by atoms with E-state index >= 15 is 0 Å². The summed E-state index contributed by atoms with van der Waals surface area (Å²) in [7, 11) is 5.66. The average molecular weight is 263 g/mol. The number of rotatable bonds is 5. The third-order valence-corrected chi connectivity index (χ3v) is 3.76. The van der Waals surface area contributed by atoms with E-state index in [0.29, 0.717) is 11.8 Å². The van der Waals surface area contributed by atoms with Gasteiger partial charge >= 0.3 is 0 Å². The summed E-state index contributed by atoms with van der Waals surface area (Å²) in [6.07, 6.45) is 1.02. The SMILES string of the molecule is COc1cc(C2CN(C)C2)c(OC)cc1CC(C)C. The van der Waals surface area contributed by atoms with Crippen LogP contribution in [0, 0.1) is 5.92 Å². The molecular formula is C16H25NO2. The zero-order valence-corrected chi connectivity index (χ0v) is 12.7. The zero-order chi connectivity index (χ0) is 14.0. The Bertz CT molecular complexity index is 437. The first-order valence-electron chi connectivity index (χ1n) is 6.98. The van der Waals surface area contributed by atoms with Crippen LogP contribution in [-0.4, -0.2) is 39.3 Å². The molecule has 0 radical (unpaired) electrons. The van der Waals surface area contributed by atoms with Gasteiger partial charge in [-0.15, -0.1) is 0 Å². The first-order valence-corrected chi connectivity index (χ1v) is 6.98. The smallest absolute Gasteiger partial charge is 0.122 e. The second kappa shape index (κ2) is 5.83. The number of benzene rings is 1. The molecule has 0 spiro atoms. The van der Waals surface area contributed by atoms with E-state index in [1.165, 1.54) is 11.1 Å². The van der Waals surface area contributed by atoms with Gasteiger partial charge in [-0.05, 0) is 37.1 Å². The van der Waals surface area contributed by atoms with Crippen molar-refractivity contribution in [1.82, 2.24) is 4.90 Å². The van der Waals surface area contributed by atoms with Crippen LogP contribution >= 0.6 is 0 Å². The molecule has 0 aliphatic carbocycles. The topological polar surface area (TPSA) is 21.7 Å². The molecule has 1 saturated heterocycles. The third kappa shape index (κ3) is 3.03. The van der Waals surface area contributed by atoms with Crippen LogP contribution in [0.1, 0.15) is 30.9 Å². The minimum absolute atomic E-state index is 0.571. The van der Waals surface area contributed by atoms with Gasteiger partial charge in [-0.25, -0.2) is 0 Å². The van der Waals surface area contributed by atoms with E-state index < -0.39 is 0 Å². The summed E-state index contributed by atoms with van der Waals surface area (Å²) in [5.74, 6) is 3.19. The Hall–Kier alpha value is -1.22. The molecule has 1 aromatic carbocycles. The molecule has 0 bridgehead atoms. The van der Waals surface area contributed by atoms with E-state index in [4.69, 9.17) is 9.47 Å². The number of methoxy groups -OCH3 is 2. The van der Waals surface area contributed by atoms with Gasteiger partial charge in [0, 0.05) is 24.6 Å². The van der Waals surface area contributed by atoms with Crippen LogP contribution in [0.2, 0.25) is 0 Å². The Balaban J connectivity index is 2.33.